The molecular weight excluding hydrogens is 264 g/mol. The highest BCUT2D eigenvalue weighted by Crippen LogP contribution is 2.35. The maximum atomic E-state index is 11.6. The van der Waals surface area contributed by atoms with Gasteiger partial charge in [0.25, 0.3) is 5.56 Å². The fourth-order valence-corrected chi connectivity index (χ4v) is 2.92. The molecule has 1 heterocycles. The predicted molar refractivity (Wildman–Crippen MR) is 84.1 cm³/mol. The summed E-state index contributed by atoms with van der Waals surface area (Å²) < 4.78 is 7.03. The molecule has 1 N–H and O–H groups in total. The molecule has 1 aliphatic rings. The summed E-state index contributed by atoms with van der Waals surface area (Å²) in [5.41, 5.74) is 3.69. The topological polar surface area (TPSA) is 43.3 Å². The molecule has 1 atom stereocenters. The van der Waals surface area contributed by atoms with Crippen molar-refractivity contribution < 1.29 is 4.74 Å². The van der Waals surface area contributed by atoms with Crippen LogP contribution in [-0.4, -0.2) is 11.7 Å². The van der Waals surface area contributed by atoms with Gasteiger partial charge in [-0.05, 0) is 49.1 Å². The van der Waals surface area contributed by atoms with E-state index < -0.39 is 0 Å². The van der Waals surface area contributed by atoms with Gasteiger partial charge in [0.15, 0.2) is 0 Å². The lowest BCUT2D eigenvalue weighted by atomic mass is 10.1. The summed E-state index contributed by atoms with van der Waals surface area (Å²) in [6.07, 6.45) is 4.03. The van der Waals surface area contributed by atoms with E-state index in [0.717, 1.165) is 24.3 Å². The second-order valence-corrected chi connectivity index (χ2v) is 5.34. The van der Waals surface area contributed by atoms with Gasteiger partial charge in [-0.3, -0.25) is 4.79 Å². The molecule has 0 saturated carbocycles. The first kappa shape index (κ1) is 13.7. The molecule has 1 unspecified atom stereocenters. The van der Waals surface area contributed by atoms with E-state index in [4.69, 9.17) is 4.74 Å². The number of aryl methyl sites for hydroxylation is 2. The Balaban J connectivity index is 1.86. The number of fused-ring (bicyclic) bond motifs is 1. The van der Waals surface area contributed by atoms with Gasteiger partial charge >= 0.3 is 0 Å². The number of nitrogens with one attached hydrogen (secondary N) is 1. The molecule has 3 rings (SSSR count). The van der Waals surface area contributed by atoms with Crippen molar-refractivity contribution in [3.05, 3.63) is 58.0 Å². The number of hydrogen-bond donors (Lipinski definition) is 1. The third-order valence-corrected chi connectivity index (χ3v) is 4.10. The summed E-state index contributed by atoms with van der Waals surface area (Å²) in [5.74, 6) is 0.890. The molecule has 1 aromatic carbocycles. The van der Waals surface area contributed by atoms with Gasteiger partial charge in [0, 0.05) is 18.8 Å². The summed E-state index contributed by atoms with van der Waals surface area (Å²) in [5, 5.41) is 3.54. The number of aromatic nitrogens is 1. The van der Waals surface area contributed by atoms with Crippen LogP contribution in [0.5, 0.6) is 5.75 Å². The fourth-order valence-electron chi connectivity index (χ4n) is 2.92. The number of anilines is 1. The zero-order valence-electron chi connectivity index (χ0n) is 12.4. The van der Waals surface area contributed by atoms with Crippen LogP contribution in [0.2, 0.25) is 0 Å². The van der Waals surface area contributed by atoms with Gasteiger partial charge < -0.3 is 14.6 Å². The van der Waals surface area contributed by atoms with E-state index in [1.807, 2.05) is 25.3 Å². The van der Waals surface area contributed by atoms with Crippen molar-refractivity contribution >= 4 is 5.69 Å². The molecule has 110 valence electrons. The molecule has 1 aromatic heterocycles. The van der Waals surface area contributed by atoms with Gasteiger partial charge in [-0.25, -0.2) is 0 Å². The average molecular weight is 284 g/mol. The van der Waals surface area contributed by atoms with Crippen LogP contribution in [0.15, 0.2) is 41.3 Å². The Labute approximate surface area is 124 Å². The van der Waals surface area contributed by atoms with Gasteiger partial charge in [0.2, 0.25) is 0 Å². The molecule has 0 saturated heterocycles. The van der Waals surface area contributed by atoms with Gasteiger partial charge in [-0.1, -0.05) is 6.07 Å². The molecule has 0 radical (unpaired) electrons. The molecule has 2 aromatic rings. The van der Waals surface area contributed by atoms with E-state index in [1.54, 1.807) is 17.7 Å². The van der Waals surface area contributed by atoms with Crippen molar-refractivity contribution in [2.24, 2.45) is 0 Å². The van der Waals surface area contributed by atoms with Crippen molar-refractivity contribution in [2.75, 3.05) is 12.4 Å². The van der Waals surface area contributed by atoms with Crippen molar-refractivity contribution in [2.45, 2.75) is 32.4 Å². The average Bonchev–Trinajstić information content (AvgIpc) is 2.91. The monoisotopic (exact) mass is 284 g/mol. The molecule has 0 bridgehead atoms. The minimum absolute atomic E-state index is 0.0385. The molecule has 1 aliphatic carbocycles. The highest BCUT2D eigenvalue weighted by atomic mass is 16.5. The van der Waals surface area contributed by atoms with Crippen LogP contribution in [0, 0.1) is 0 Å². The summed E-state index contributed by atoms with van der Waals surface area (Å²) in [6.45, 7) is 2.66. The first-order valence-electron chi connectivity index (χ1n) is 7.35. The molecule has 21 heavy (non-hydrogen) atoms. The number of nitrogens with zero attached hydrogens (tertiary/aromatic N) is 1. The quantitative estimate of drug-likeness (QED) is 0.938. The first-order chi connectivity index (χ1) is 10.2. The lowest BCUT2D eigenvalue weighted by Gasteiger charge is -2.17. The van der Waals surface area contributed by atoms with Crippen LogP contribution in [0.1, 0.15) is 30.5 Å². The standard InChI is InChI=1S/C17H20N2O2/c1-3-19-11-13(6-9-17(19)20)18-16-8-5-12-4-7-14(21-2)10-15(12)16/h4,6-7,9-11,16,18H,3,5,8H2,1-2H3. The zero-order valence-corrected chi connectivity index (χ0v) is 12.4. The molecular formula is C17H20N2O2. The minimum atomic E-state index is 0.0385. The lowest BCUT2D eigenvalue weighted by Crippen LogP contribution is -2.18. The molecule has 0 amide bonds. The van der Waals surface area contributed by atoms with Crippen LogP contribution in [-0.2, 0) is 13.0 Å². The van der Waals surface area contributed by atoms with Crippen molar-refractivity contribution in [1.29, 1.82) is 0 Å². The highest BCUT2D eigenvalue weighted by Gasteiger charge is 2.22. The van der Waals surface area contributed by atoms with Crippen LogP contribution in [0.3, 0.4) is 0 Å². The van der Waals surface area contributed by atoms with E-state index in [9.17, 15) is 4.79 Å². The van der Waals surface area contributed by atoms with E-state index in [2.05, 4.69) is 17.4 Å². The van der Waals surface area contributed by atoms with Gasteiger partial charge in [0.05, 0.1) is 18.8 Å². The Morgan fingerprint density at radius 3 is 2.95 bits per heavy atom. The Hall–Kier alpha value is -2.23. The van der Waals surface area contributed by atoms with Crippen molar-refractivity contribution in [3.8, 4) is 5.75 Å². The van der Waals surface area contributed by atoms with E-state index in [-0.39, 0.29) is 11.6 Å². The van der Waals surface area contributed by atoms with Gasteiger partial charge in [-0.2, -0.15) is 0 Å². The number of benzene rings is 1. The van der Waals surface area contributed by atoms with E-state index in [0.29, 0.717) is 6.54 Å². The van der Waals surface area contributed by atoms with Crippen LogP contribution in [0.4, 0.5) is 5.69 Å². The largest absolute Gasteiger partial charge is 0.497 e. The SMILES string of the molecule is CCn1cc(NC2CCc3ccc(OC)cc32)ccc1=O. The molecule has 4 nitrogen and oxygen atoms in total. The molecule has 4 heteroatoms. The Morgan fingerprint density at radius 2 is 2.19 bits per heavy atom. The second kappa shape index (κ2) is 5.64. The Morgan fingerprint density at radius 1 is 1.33 bits per heavy atom. The van der Waals surface area contributed by atoms with Crippen LogP contribution < -0.4 is 15.6 Å². The Kier molecular flexibility index (Phi) is 3.69. The maximum absolute atomic E-state index is 11.6. The maximum Gasteiger partial charge on any atom is 0.250 e. The molecule has 0 spiro atoms. The Bertz CT molecular complexity index is 706. The number of pyridine rings is 1. The van der Waals surface area contributed by atoms with Crippen LogP contribution in [0.25, 0.3) is 0 Å². The number of ether oxygens (including phenoxy) is 1. The number of hydrogen-bond acceptors (Lipinski definition) is 3. The number of methoxy groups -OCH3 is 1. The zero-order chi connectivity index (χ0) is 14.8. The summed E-state index contributed by atoms with van der Waals surface area (Å²) in [6, 6.07) is 10.0. The molecule has 0 fully saturated rings. The van der Waals surface area contributed by atoms with E-state index >= 15 is 0 Å². The number of rotatable bonds is 4. The van der Waals surface area contributed by atoms with E-state index in [1.165, 1.54) is 11.1 Å². The fraction of sp³-hybridized carbons (Fsp3) is 0.353. The van der Waals surface area contributed by atoms with Crippen molar-refractivity contribution in [1.82, 2.24) is 4.57 Å². The third kappa shape index (κ3) is 2.66. The summed E-state index contributed by atoms with van der Waals surface area (Å²) in [4.78, 5) is 11.6. The third-order valence-electron chi connectivity index (χ3n) is 4.10. The summed E-state index contributed by atoms with van der Waals surface area (Å²) in [7, 11) is 1.69. The minimum Gasteiger partial charge on any atom is -0.497 e. The van der Waals surface area contributed by atoms with Crippen LogP contribution >= 0.6 is 0 Å². The predicted octanol–water partition coefficient (Wildman–Crippen LogP) is 2.98. The normalized spacial score (nSPS) is 16.6. The van der Waals surface area contributed by atoms with Crippen molar-refractivity contribution in [3.63, 3.8) is 0 Å². The first-order valence-corrected chi connectivity index (χ1v) is 7.35. The highest BCUT2D eigenvalue weighted by molar-refractivity contribution is 5.48. The smallest absolute Gasteiger partial charge is 0.250 e. The summed E-state index contributed by atoms with van der Waals surface area (Å²) >= 11 is 0. The second-order valence-electron chi connectivity index (χ2n) is 5.34. The lowest BCUT2D eigenvalue weighted by molar-refractivity contribution is 0.414. The van der Waals surface area contributed by atoms with Gasteiger partial charge in [-0.15, -0.1) is 0 Å². The molecule has 0 aliphatic heterocycles. The van der Waals surface area contributed by atoms with Gasteiger partial charge in [0.1, 0.15) is 5.75 Å².